The lowest BCUT2D eigenvalue weighted by atomic mass is 9.84. The Labute approximate surface area is 126 Å². The molecule has 1 aromatic rings. The quantitative estimate of drug-likeness (QED) is 0.473. The largest absolute Gasteiger partial charge is 0.465 e. The first-order chi connectivity index (χ1) is 9.93. The van der Waals surface area contributed by atoms with E-state index in [1.165, 1.54) is 18.2 Å². The number of ketones is 1. The van der Waals surface area contributed by atoms with E-state index in [4.69, 9.17) is 16.3 Å². The average molecular weight is 317 g/mol. The second-order valence-corrected chi connectivity index (χ2v) is 5.51. The van der Waals surface area contributed by atoms with Gasteiger partial charge >= 0.3 is 5.97 Å². The van der Waals surface area contributed by atoms with Gasteiger partial charge in [0, 0.05) is 17.0 Å². The first kappa shape index (κ1) is 15.9. The number of hydrogen-bond acceptors (Lipinski definition) is 3. The normalized spacial score (nSPS) is 20.7. The summed E-state index contributed by atoms with van der Waals surface area (Å²) in [5.41, 5.74) is -1.95. The number of alkyl halides is 2. The lowest BCUT2D eigenvalue weighted by Crippen LogP contribution is -2.45. The van der Waals surface area contributed by atoms with Crippen LogP contribution in [0.2, 0.25) is 5.02 Å². The highest BCUT2D eigenvalue weighted by Gasteiger charge is 2.59. The minimum atomic E-state index is -3.12. The molecule has 0 saturated heterocycles. The molecule has 0 aliphatic heterocycles. The van der Waals surface area contributed by atoms with E-state index in [9.17, 15) is 18.4 Å². The Morgan fingerprint density at radius 1 is 1.48 bits per heavy atom. The van der Waals surface area contributed by atoms with E-state index >= 15 is 0 Å². The molecule has 0 heterocycles. The maximum absolute atomic E-state index is 13.5. The molecule has 1 unspecified atom stereocenters. The molecule has 3 nitrogen and oxygen atoms in total. The van der Waals surface area contributed by atoms with Crippen molar-refractivity contribution in [3.05, 3.63) is 34.3 Å². The zero-order chi connectivity index (χ0) is 15.6. The first-order valence-electron chi connectivity index (χ1n) is 6.72. The number of fused-ring (bicyclic) bond motifs is 1. The van der Waals surface area contributed by atoms with Gasteiger partial charge in [0.15, 0.2) is 11.2 Å². The lowest BCUT2D eigenvalue weighted by Gasteiger charge is -2.24. The second kappa shape index (κ2) is 6.10. The smallest absolute Gasteiger partial charge is 0.326 e. The van der Waals surface area contributed by atoms with Crippen LogP contribution >= 0.6 is 11.6 Å². The summed E-state index contributed by atoms with van der Waals surface area (Å²) < 4.78 is 31.9. The van der Waals surface area contributed by atoms with Gasteiger partial charge in [-0.05, 0) is 24.1 Å². The minimum absolute atomic E-state index is 0.0359. The molecule has 0 fully saturated rings. The SMILES string of the molecule is CCCCOC(=O)C1(C(F)F)Cc2ccc(Cl)cc2C1=O. The van der Waals surface area contributed by atoms with Crippen LogP contribution in [0.15, 0.2) is 18.2 Å². The zero-order valence-corrected chi connectivity index (χ0v) is 12.3. The van der Waals surface area contributed by atoms with Crippen molar-refractivity contribution >= 4 is 23.4 Å². The highest BCUT2D eigenvalue weighted by molar-refractivity contribution is 6.31. The third-order valence-electron chi connectivity index (χ3n) is 3.66. The molecule has 0 aromatic heterocycles. The summed E-state index contributed by atoms with van der Waals surface area (Å²) in [5.74, 6) is -2.06. The summed E-state index contributed by atoms with van der Waals surface area (Å²) in [6.07, 6.45) is -2.14. The molecule has 1 atom stereocenters. The molecule has 6 heteroatoms. The number of esters is 1. The molecule has 0 amide bonds. The summed E-state index contributed by atoms with van der Waals surface area (Å²) in [6.45, 7) is 1.92. The topological polar surface area (TPSA) is 43.4 Å². The van der Waals surface area contributed by atoms with Crippen molar-refractivity contribution in [3.63, 3.8) is 0 Å². The lowest BCUT2D eigenvalue weighted by molar-refractivity contribution is -0.160. The van der Waals surface area contributed by atoms with Gasteiger partial charge in [0.25, 0.3) is 6.43 Å². The van der Waals surface area contributed by atoms with Crippen LogP contribution < -0.4 is 0 Å². The standard InChI is InChI=1S/C15H15ClF2O3/c1-2-3-6-21-14(20)15(13(17)18)8-9-4-5-10(16)7-11(9)12(15)19/h4-5,7,13H,2-3,6,8H2,1H3. The molecular formula is C15H15ClF2O3. The van der Waals surface area contributed by atoms with Gasteiger partial charge in [0.1, 0.15) is 0 Å². The highest BCUT2D eigenvalue weighted by atomic mass is 35.5. The number of Topliss-reactive ketones (excluding diaryl/α,β-unsaturated/α-hetero) is 1. The van der Waals surface area contributed by atoms with Crippen LogP contribution in [0.3, 0.4) is 0 Å². The minimum Gasteiger partial charge on any atom is -0.465 e. The van der Waals surface area contributed by atoms with Crippen molar-refractivity contribution < 1.29 is 23.1 Å². The van der Waals surface area contributed by atoms with Gasteiger partial charge < -0.3 is 4.74 Å². The number of unbranched alkanes of at least 4 members (excludes halogenated alkanes) is 1. The molecule has 114 valence electrons. The predicted molar refractivity (Wildman–Crippen MR) is 73.8 cm³/mol. The van der Waals surface area contributed by atoms with Crippen molar-refractivity contribution in [2.75, 3.05) is 6.61 Å². The molecular weight excluding hydrogens is 302 g/mol. The molecule has 0 bridgehead atoms. The van der Waals surface area contributed by atoms with E-state index in [2.05, 4.69) is 0 Å². The molecule has 1 aromatic carbocycles. The fourth-order valence-electron chi connectivity index (χ4n) is 2.40. The number of hydrogen-bond donors (Lipinski definition) is 0. The summed E-state index contributed by atoms with van der Waals surface area (Å²) in [6, 6.07) is 4.33. The molecule has 0 radical (unpaired) electrons. The summed E-state index contributed by atoms with van der Waals surface area (Å²) >= 11 is 5.79. The number of carbonyl (C=O) groups excluding carboxylic acids is 2. The molecule has 2 rings (SSSR count). The number of benzene rings is 1. The Hall–Kier alpha value is -1.49. The average Bonchev–Trinajstić information content (AvgIpc) is 2.73. The Morgan fingerprint density at radius 2 is 2.19 bits per heavy atom. The molecule has 21 heavy (non-hydrogen) atoms. The summed E-state index contributed by atoms with van der Waals surface area (Å²) in [5, 5.41) is 0.270. The van der Waals surface area contributed by atoms with Gasteiger partial charge in [0.2, 0.25) is 0 Å². The van der Waals surface area contributed by atoms with Crippen LogP contribution in [0.5, 0.6) is 0 Å². The summed E-state index contributed by atoms with van der Waals surface area (Å²) in [7, 11) is 0. The maximum atomic E-state index is 13.5. The third-order valence-corrected chi connectivity index (χ3v) is 3.89. The monoisotopic (exact) mass is 316 g/mol. The van der Waals surface area contributed by atoms with Crippen molar-refractivity contribution in [2.45, 2.75) is 32.6 Å². The first-order valence-corrected chi connectivity index (χ1v) is 7.10. The van der Waals surface area contributed by atoms with E-state index in [1.54, 1.807) is 0 Å². The van der Waals surface area contributed by atoms with Crippen LogP contribution in [-0.4, -0.2) is 24.8 Å². The van der Waals surface area contributed by atoms with Crippen LogP contribution in [0, 0.1) is 5.41 Å². The predicted octanol–water partition coefficient (Wildman–Crippen LogP) is 3.67. The highest BCUT2D eigenvalue weighted by Crippen LogP contribution is 2.43. The van der Waals surface area contributed by atoms with E-state index in [1.807, 2.05) is 6.92 Å². The van der Waals surface area contributed by atoms with Crippen LogP contribution in [0.25, 0.3) is 0 Å². The molecule has 0 saturated carbocycles. The van der Waals surface area contributed by atoms with Crippen LogP contribution in [0.1, 0.15) is 35.7 Å². The van der Waals surface area contributed by atoms with E-state index in [-0.39, 0.29) is 23.6 Å². The van der Waals surface area contributed by atoms with Gasteiger partial charge in [-0.1, -0.05) is 31.0 Å². The van der Waals surface area contributed by atoms with Gasteiger partial charge in [-0.3, -0.25) is 9.59 Å². The Kier molecular flexibility index (Phi) is 4.61. The number of halogens is 3. The Morgan fingerprint density at radius 3 is 2.81 bits per heavy atom. The van der Waals surface area contributed by atoms with Crippen molar-refractivity contribution in [1.29, 1.82) is 0 Å². The Bertz CT molecular complexity index is 574. The van der Waals surface area contributed by atoms with Gasteiger partial charge in [-0.15, -0.1) is 0 Å². The van der Waals surface area contributed by atoms with E-state index < -0.39 is 23.6 Å². The van der Waals surface area contributed by atoms with E-state index in [0.29, 0.717) is 12.0 Å². The van der Waals surface area contributed by atoms with Gasteiger partial charge in [-0.25, -0.2) is 8.78 Å². The fourth-order valence-corrected chi connectivity index (χ4v) is 2.58. The number of rotatable bonds is 5. The Balaban J connectivity index is 2.33. The number of carbonyl (C=O) groups is 2. The van der Waals surface area contributed by atoms with Crippen molar-refractivity contribution in [3.8, 4) is 0 Å². The van der Waals surface area contributed by atoms with Crippen LogP contribution in [-0.2, 0) is 16.0 Å². The van der Waals surface area contributed by atoms with Gasteiger partial charge in [-0.2, -0.15) is 0 Å². The van der Waals surface area contributed by atoms with E-state index in [0.717, 1.165) is 6.42 Å². The van der Waals surface area contributed by atoms with Crippen molar-refractivity contribution in [1.82, 2.24) is 0 Å². The number of ether oxygens (including phenoxy) is 1. The molecule has 0 N–H and O–H groups in total. The molecule has 1 aliphatic carbocycles. The van der Waals surface area contributed by atoms with Crippen molar-refractivity contribution in [2.24, 2.45) is 5.41 Å². The molecule has 0 spiro atoms. The summed E-state index contributed by atoms with van der Waals surface area (Å²) in [4.78, 5) is 24.4. The molecule has 1 aliphatic rings. The van der Waals surface area contributed by atoms with Gasteiger partial charge in [0.05, 0.1) is 6.61 Å². The third kappa shape index (κ3) is 2.67. The fraction of sp³-hybridized carbons (Fsp3) is 0.467. The maximum Gasteiger partial charge on any atom is 0.326 e. The second-order valence-electron chi connectivity index (χ2n) is 5.07. The zero-order valence-electron chi connectivity index (χ0n) is 11.5. The van der Waals surface area contributed by atoms with Crippen LogP contribution in [0.4, 0.5) is 8.78 Å².